The summed E-state index contributed by atoms with van der Waals surface area (Å²) >= 11 is 0. The molecule has 0 saturated heterocycles. The molecular weight excluding hydrogens is 310 g/mol. The van der Waals surface area contributed by atoms with Gasteiger partial charge in [-0.05, 0) is 12.1 Å². The maximum atomic E-state index is 12.7. The van der Waals surface area contributed by atoms with E-state index >= 15 is 0 Å². The normalized spacial score (nSPS) is 13.5. The van der Waals surface area contributed by atoms with E-state index in [1.165, 1.54) is 6.07 Å². The Hall–Kier alpha value is -2.93. The highest BCUT2D eigenvalue weighted by atomic mass is 16.3. The first kappa shape index (κ1) is 14.6. The molecule has 1 aromatic carbocycles. The van der Waals surface area contributed by atoms with Gasteiger partial charge in [0.25, 0.3) is 5.91 Å². The van der Waals surface area contributed by atoms with Gasteiger partial charge in [-0.1, -0.05) is 12.1 Å². The van der Waals surface area contributed by atoms with Crippen LogP contribution in [0.4, 0.5) is 0 Å². The highest BCUT2D eigenvalue weighted by Gasteiger charge is 2.29. The molecule has 1 aliphatic rings. The molecule has 0 fully saturated rings. The minimum absolute atomic E-state index is 0.0123. The van der Waals surface area contributed by atoms with Gasteiger partial charge in [0.2, 0.25) is 0 Å². The second kappa shape index (κ2) is 5.61. The fourth-order valence-corrected chi connectivity index (χ4v) is 3.00. The summed E-state index contributed by atoms with van der Waals surface area (Å²) in [5.41, 5.74) is 2.01. The summed E-state index contributed by atoms with van der Waals surface area (Å²) in [6, 6.07) is 8.10. The Balaban J connectivity index is 1.64. The third-order valence-electron chi connectivity index (χ3n) is 4.18. The molecular formula is C17H15N3O4. The van der Waals surface area contributed by atoms with Gasteiger partial charge >= 0.3 is 0 Å². The first-order valence-corrected chi connectivity index (χ1v) is 7.64. The maximum absolute atomic E-state index is 12.7. The van der Waals surface area contributed by atoms with E-state index in [0.717, 1.165) is 11.3 Å². The van der Waals surface area contributed by atoms with Gasteiger partial charge in [0.15, 0.2) is 11.2 Å². The minimum atomic E-state index is -0.329. The van der Waals surface area contributed by atoms with Gasteiger partial charge < -0.3 is 14.4 Å². The summed E-state index contributed by atoms with van der Waals surface area (Å²) in [5, 5.41) is 13.7. The van der Waals surface area contributed by atoms with Crippen molar-refractivity contribution in [3.8, 4) is 0 Å². The molecule has 0 spiro atoms. The van der Waals surface area contributed by atoms with Gasteiger partial charge in [-0.3, -0.25) is 14.3 Å². The Kier molecular flexibility index (Phi) is 3.42. The van der Waals surface area contributed by atoms with Crippen molar-refractivity contribution in [3.05, 3.63) is 63.8 Å². The number of amides is 1. The van der Waals surface area contributed by atoms with E-state index in [1.807, 2.05) is 0 Å². The van der Waals surface area contributed by atoms with Crippen LogP contribution in [0.3, 0.4) is 0 Å². The van der Waals surface area contributed by atoms with Crippen LogP contribution in [0.15, 0.2) is 45.7 Å². The van der Waals surface area contributed by atoms with Crippen LogP contribution in [0.1, 0.15) is 21.8 Å². The largest absolute Gasteiger partial charge is 0.451 e. The molecule has 0 saturated carbocycles. The lowest BCUT2D eigenvalue weighted by molar-refractivity contribution is 0.0716. The Bertz CT molecular complexity index is 989. The molecule has 7 heteroatoms. The van der Waals surface area contributed by atoms with Crippen LogP contribution in [-0.2, 0) is 19.6 Å². The van der Waals surface area contributed by atoms with Crippen molar-refractivity contribution < 1.29 is 14.3 Å². The Morgan fingerprint density at radius 2 is 2.12 bits per heavy atom. The quantitative estimate of drug-likeness (QED) is 0.780. The lowest BCUT2D eigenvalue weighted by Crippen LogP contribution is -2.27. The van der Waals surface area contributed by atoms with Gasteiger partial charge in [0, 0.05) is 18.2 Å². The lowest BCUT2D eigenvalue weighted by atomic mass is 10.2. The monoisotopic (exact) mass is 325 g/mol. The predicted molar refractivity (Wildman–Crippen MR) is 85.4 cm³/mol. The molecule has 1 aliphatic heterocycles. The average molecular weight is 325 g/mol. The van der Waals surface area contributed by atoms with Crippen molar-refractivity contribution in [2.75, 3.05) is 6.61 Å². The van der Waals surface area contributed by atoms with E-state index in [4.69, 9.17) is 9.52 Å². The number of nitrogens with zero attached hydrogens (tertiary/aromatic N) is 3. The van der Waals surface area contributed by atoms with Crippen LogP contribution in [0.2, 0.25) is 0 Å². The van der Waals surface area contributed by atoms with Gasteiger partial charge in [0.1, 0.15) is 5.58 Å². The van der Waals surface area contributed by atoms with E-state index in [-0.39, 0.29) is 23.7 Å². The zero-order valence-corrected chi connectivity index (χ0v) is 12.8. The van der Waals surface area contributed by atoms with E-state index in [0.29, 0.717) is 30.6 Å². The van der Waals surface area contributed by atoms with Crippen LogP contribution in [0.5, 0.6) is 0 Å². The number of aromatic nitrogens is 2. The molecule has 7 nitrogen and oxygen atoms in total. The van der Waals surface area contributed by atoms with Crippen LogP contribution in [0, 0.1) is 0 Å². The number of para-hydroxylation sites is 1. The van der Waals surface area contributed by atoms with Gasteiger partial charge in [-0.2, -0.15) is 5.10 Å². The van der Waals surface area contributed by atoms with E-state index in [1.54, 1.807) is 40.0 Å². The molecule has 0 radical (unpaired) electrons. The van der Waals surface area contributed by atoms with Gasteiger partial charge in [-0.15, -0.1) is 0 Å². The third-order valence-corrected chi connectivity index (χ3v) is 4.18. The second-order valence-corrected chi connectivity index (χ2v) is 5.70. The molecule has 2 aromatic heterocycles. The fraction of sp³-hybridized carbons (Fsp3) is 0.235. The highest BCUT2D eigenvalue weighted by Crippen LogP contribution is 2.24. The Morgan fingerprint density at radius 1 is 1.29 bits per heavy atom. The minimum Gasteiger partial charge on any atom is -0.451 e. The standard InChI is InChI=1S/C17H15N3O4/c21-6-5-20-13-10-19(9-11(13)8-18-20)17(23)16-7-14(22)12-3-1-2-4-15(12)24-16/h1-4,7-8,21H,5-6,9-10H2. The van der Waals surface area contributed by atoms with E-state index in [9.17, 15) is 9.59 Å². The van der Waals surface area contributed by atoms with Crippen LogP contribution >= 0.6 is 0 Å². The molecule has 1 amide bonds. The summed E-state index contributed by atoms with van der Waals surface area (Å²) in [7, 11) is 0. The number of rotatable bonds is 3. The topological polar surface area (TPSA) is 88.6 Å². The smallest absolute Gasteiger partial charge is 0.290 e. The summed E-state index contributed by atoms with van der Waals surface area (Å²) in [4.78, 5) is 26.5. The number of aliphatic hydroxyl groups is 1. The summed E-state index contributed by atoms with van der Waals surface area (Å²) < 4.78 is 7.31. The summed E-state index contributed by atoms with van der Waals surface area (Å²) in [6.45, 7) is 1.17. The lowest BCUT2D eigenvalue weighted by Gasteiger charge is -2.15. The molecule has 3 heterocycles. The summed E-state index contributed by atoms with van der Waals surface area (Å²) in [6.07, 6.45) is 1.70. The number of hydrogen-bond donors (Lipinski definition) is 1. The zero-order chi connectivity index (χ0) is 16.7. The van der Waals surface area contributed by atoms with E-state index < -0.39 is 0 Å². The summed E-state index contributed by atoms with van der Waals surface area (Å²) in [5.74, 6) is -0.296. The van der Waals surface area contributed by atoms with Crippen LogP contribution < -0.4 is 5.43 Å². The number of carbonyl (C=O) groups excluding carboxylic acids is 1. The molecule has 1 N–H and O–H groups in total. The third kappa shape index (κ3) is 2.30. The molecule has 0 unspecified atom stereocenters. The Morgan fingerprint density at radius 3 is 2.96 bits per heavy atom. The number of benzene rings is 1. The van der Waals surface area contributed by atoms with Gasteiger partial charge in [-0.25, -0.2) is 0 Å². The van der Waals surface area contributed by atoms with Crippen molar-refractivity contribution in [3.63, 3.8) is 0 Å². The predicted octanol–water partition coefficient (Wildman–Crippen LogP) is 1.14. The van der Waals surface area contributed by atoms with Crippen molar-refractivity contribution >= 4 is 16.9 Å². The number of hydrogen-bond acceptors (Lipinski definition) is 5. The van der Waals surface area contributed by atoms with Crippen LogP contribution in [-0.4, -0.2) is 32.3 Å². The highest BCUT2D eigenvalue weighted by molar-refractivity contribution is 5.93. The van der Waals surface area contributed by atoms with Crippen LogP contribution in [0.25, 0.3) is 11.0 Å². The fourth-order valence-electron chi connectivity index (χ4n) is 3.00. The molecule has 122 valence electrons. The molecule has 4 rings (SSSR count). The zero-order valence-electron chi connectivity index (χ0n) is 12.8. The second-order valence-electron chi connectivity index (χ2n) is 5.70. The first-order chi connectivity index (χ1) is 11.7. The molecule has 0 bridgehead atoms. The van der Waals surface area contributed by atoms with E-state index in [2.05, 4.69) is 5.10 Å². The first-order valence-electron chi connectivity index (χ1n) is 7.64. The van der Waals surface area contributed by atoms with Crippen molar-refractivity contribution in [1.82, 2.24) is 14.7 Å². The van der Waals surface area contributed by atoms with Crippen molar-refractivity contribution in [2.45, 2.75) is 19.6 Å². The molecule has 3 aromatic rings. The average Bonchev–Trinajstić information content (AvgIpc) is 3.16. The van der Waals surface area contributed by atoms with Crippen molar-refractivity contribution in [1.29, 1.82) is 0 Å². The maximum Gasteiger partial charge on any atom is 0.290 e. The van der Waals surface area contributed by atoms with Gasteiger partial charge in [0.05, 0.1) is 37.0 Å². The number of aliphatic hydroxyl groups excluding tert-OH is 1. The SMILES string of the molecule is O=C(c1cc(=O)c2ccccc2o1)N1Cc2cnn(CCO)c2C1. The molecule has 24 heavy (non-hydrogen) atoms. The van der Waals surface area contributed by atoms with Crippen molar-refractivity contribution in [2.24, 2.45) is 0 Å². The Labute approximate surface area is 136 Å². The molecule has 0 atom stereocenters. The molecule has 0 aliphatic carbocycles. The number of carbonyl (C=O) groups is 1. The number of fused-ring (bicyclic) bond motifs is 2.